The van der Waals surface area contributed by atoms with E-state index in [-0.39, 0.29) is 17.2 Å². The van der Waals surface area contributed by atoms with Crippen molar-refractivity contribution in [2.75, 3.05) is 11.9 Å². The summed E-state index contributed by atoms with van der Waals surface area (Å²) < 4.78 is 29.8. The van der Waals surface area contributed by atoms with Crippen LogP contribution in [0.15, 0.2) is 58.8 Å². The van der Waals surface area contributed by atoms with Crippen LogP contribution in [0.25, 0.3) is 11.3 Å². The van der Waals surface area contributed by atoms with Gasteiger partial charge in [-0.15, -0.1) is 11.3 Å². The summed E-state index contributed by atoms with van der Waals surface area (Å²) >= 11 is 1.35. The number of nitrogens with zero attached hydrogens (tertiary/aromatic N) is 1. The van der Waals surface area contributed by atoms with E-state index in [1.165, 1.54) is 11.3 Å². The molecule has 2 aromatic carbocycles. The van der Waals surface area contributed by atoms with Gasteiger partial charge in [-0.05, 0) is 62.7 Å². The Morgan fingerprint density at radius 3 is 2.37 bits per heavy atom. The number of anilines is 1. The van der Waals surface area contributed by atoms with Crippen LogP contribution in [0.5, 0.6) is 5.75 Å². The van der Waals surface area contributed by atoms with Gasteiger partial charge < -0.3 is 10.1 Å². The highest BCUT2D eigenvalue weighted by atomic mass is 32.2. The largest absolute Gasteiger partial charge is 0.494 e. The zero-order valence-electron chi connectivity index (χ0n) is 17.1. The molecule has 0 radical (unpaired) electrons. The number of hydrogen-bond donors (Lipinski definition) is 1. The molecule has 0 saturated carbocycles. The van der Waals surface area contributed by atoms with Crippen LogP contribution < -0.4 is 10.1 Å². The van der Waals surface area contributed by atoms with Gasteiger partial charge in [0.1, 0.15) is 5.75 Å². The molecule has 0 bridgehead atoms. The number of carbonyl (C=O) groups is 1. The molecule has 0 unspecified atom stereocenters. The van der Waals surface area contributed by atoms with E-state index < -0.39 is 15.1 Å². The first kappa shape index (κ1) is 22.0. The molecule has 0 spiro atoms. The number of amides is 1. The van der Waals surface area contributed by atoms with E-state index in [0.717, 1.165) is 22.6 Å². The number of sulfone groups is 1. The van der Waals surface area contributed by atoms with E-state index >= 15 is 0 Å². The fourth-order valence-electron chi connectivity index (χ4n) is 2.77. The van der Waals surface area contributed by atoms with Crippen LogP contribution in [0.2, 0.25) is 0 Å². The maximum atomic E-state index is 12.4. The molecular weight excluding hydrogens is 420 g/mol. The third kappa shape index (κ3) is 5.25. The summed E-state index contributed by atoms with van der Waals surface area (Å²) in [5.74, 6) is 0.597. The van der Waals surface area contributed by atoms with Gasteiger partial charge in [0, 0.05) is 10.9 Å². The standard InChI is InChI=1S/C22H24N2O4S2/c1-4-28-18-9-7-17(8-10-18)20-14-29-22(23-20)24-21(25)13-16-5-11-19(12-6-16)30(26,27)15(2)3/h5-12,14-15H,4,13H2,1-3H3,(H,23,24,25). The summed E-state index contributed by atoms with van der Waals surface area (Å²) in [5, 5.41) is 4.72. The lowest BCUT2D eigenvalue weighted by Gasteiger charge is -2.08. The second kappa shape index (κ2) is 9.40. The number of thiazole rings is 1. The van der Waals surface area contributed by atoms with Crippen LogP contribution in [0.3, 0.4) is 0 Å². The van der Waals surface area contributed by atoms with Crippen LogP contribution >= 0.6 is 11.3 Å². The molecule has 0 fully saturated rings. The second-order valence-electron chi connectivity index (χ2n) is 6.96. The second-order valence-corrected chi connectivity index (χ2v) is 10.3. The Bertz CT molecular complexity index is 1100. The average molecular weight is 445 g/mol. The predicted octanol–water partition coefficient (Wildman–Crippen LogP) is 4.57. The lowest BCUT2D eigenvalue weighted by Crippen LogP contribution is -2.15. The first-order valence-electron chi connectivity index (χ1n) is 9.61. The first-order valence-corrected chi connectivity index (χ1v) is 12.0. The van der Waals surface area contributed by atoms with Gasteiger partial charge in [0.2, 0.25) is 5.91 Å². The fourth-order valence-corrected chi connectivity index (χ4v) is 4.57. The van der Waals surface area contributed by atoms with Gasteiger partial charge in [0.25, 0.3) is 0 Å². The maximum absolute atomic E-state index is 12.4. The number of hydrogen-bond acceptors (Lipinski definition) is 6. The number of nitrogens with one attached hydrogen (secondary N) is 1. The summed E-state index contributed by atoms with van der Waals surface area (Å²) in [4.78, 5) is 17.1. The Morgan fingerprint density at radius 1 is 1.10 bits per heavy atom. The summed E-state index contributed by atoms with van der Waals surface area (Å²) in [6, 6.07) is 14.1. The molecule has 3 rings (SSSR count). The Balaban J connectivity index is 1.62. The van der Waals surface area contributed by atoms with E-state index in [4.69, 9.17) is 4.74 Å². The molecule has 0 atom stereocenters. The topological polar surface area (TPSA) is 85.4 Å². The van der Waals surface area contributed by atoms with Gasteiger partial charge in [0.15, 0.2) is 15.0 Å². The first-order chi connectivity index (χ1) is 14.3. The van der Waals surface area contributed by atoms with Gasteiger partial charge in [-0.3, -0.25) is 4.79 Å². The quantitative estimate of drug-likeness (QED) is 0.550. The third-order valence-corrected chi connectivity index (χ3v) is 7.38. The number of aromatic nitrogens is 1. The van der Waals surface area contributed by atoms with Gasteiger partial charge >= 0.3 is 0 Å². The van der Waals surface area contributed by atoms with Crippen LogP contribution in [-0.4, -0.2) is 31.2 Å². The van der Waals surface area contributed by atoms with Crippen molar-refractivity contribution in [3.8, 4) is 17.0 Å². The van der Waals surface area contributed by atoms with E-state index in [1.54, 1.807) is 38.1 Å². The van der Waals surface area contributed by atoms with Gasteiger partial charge in [0.05, 0.1) is 28.9 Å². The molecule has 158 valence electrons. The Labute approximate surface area is 180 Å². The number of rotatable bonds is 8. The monoisotopic (exact) mass is 444 g/mol. The molecule has 30 heavy (non-hydrogen) atoms. The fraction of sp³-hybridized carbons (Fsp3) is 0.273. The van der Waals surface area contributed by atoms with Gasteiger partial charge in [-0.1, -0.05) is 12.1 Å². The molecule has 0 saturated heterocycles. The third-order valence-electron chi connectivity index (χ3n) is 4.45. The molecular formula is C22H24N2O4S2. The maximum Gasteiger partial charge on any atom is 0.230 e. The summed E-state index contributed by atoms with van der Waals surface area (Å²) in [7, 11) is -3.32. The molecule has 1 aromatic heterocycles. The highest BCUT2D eigenvalue weighted by molar-refractivity contribution is 7.92. The minimum absolute atomic E-state index is 0.139. The molecule has 3 aromatic rings. The Kier molecular flexibility index (Phi) is 6.89. The molecule has 1 heterocycles. The van der Waals surface area contributed by atoms with Crippen molar-refractivity contribution in [3.05, 3.63) is 59.5 Å². The number of ether oxygens (including phenoxy) is 1. The van der Waals surface area contributed by atoms with E-state index in [9.17, 15) is 13.2 Å². The summed E-state index contributed by atoms with van der Waals surface area (Å²) in [5.41, 5.74) is 2.46. The van der Waals surface area contributed by atoms with Gasteiger partial charge in [-0.2, -0.15) is 0 Å². The van der Waals surface area contributed by atoms with Crippen LogP contribution in [0.4, 0.5) is 5.13 Å². The highest BCUT2D eigenvalue weighted by Crippen LogP contribution is 2.26. The van der Waals surface area contributed by atoms with Crippen LogP contribution in [0, 0.1) is 0 Å². The number of carbonyl (C=O) groups excluding carboxylic acids is 1. The van der Waals surface area contributed by atoms with Crippen molar-refractivity contribution >= 4 is 32.2 Å². The zero-order valence-corrected chi connectivity index (χ0v) is 18.7. The minimum atomic E-state index is -3.32. The smallest absolute Gasteiger partial charge is 0.230 e. The minimum Gasteiger partial charge on any atom is -0.494 e. The lowest BCUT2D eigenvalue weighted by atomic mass is 10.1. The van der Waals surface area contributed by atoms with Crippen molar-refractivity contribution in [1.29, 1.82) is 0 Å². The molecule has 0 aliphatic carbocycles. The molecule has 0 aliphatic heterocycles. The molecule has 8 heteroatoms. The number of benzene rings is 2. The predicted molar refractivity (Wildman–Crippen MR) is 120 cm³/mol. The van der Waals surface area contributed by atoms with Crippen molar-refractivity contribution in [2.45, 2.75) is 37.3 Å². The van der Waals surface area contributed by atoms with E-state index in [2.05, 4.69) is 10.3 Å². The molecule has 1 N–H and O–H groups in total. The Morgan fingerprint density at radius 2 is 1.77 bits per heavy atom. The highest BCUT2D eigenvalue weighted by Gasteiger charge is 2.19. The van der Waals surface area contributed by atoms with Crippen molar-refractivity contribution < 1.29 is 17.9 Å². The molecule has 0 aliphatic rings. The molecule has 6 nitrogen and oxygen atoms in total. The SMILES string of the molecule is CCOc1ccc(-c2csc(NC(=O)Cc3ccc(S(=O)(=O)C(C)C)cc3)n2)cc1. The normalized spacial score (nSPS) is 11.5. The van der Waals surface area contributed by atoms with E-state index in [1.807, 2.05) is 36.6 Å². The van der Waals surface area contributed by atoms with Crippen LogP contribution in [-0.2, 0) is 21.1 Å². The van der Waals surface area contributed by atoms with Crippen molar-refractivity contribution in [1.82, 2.24) is 4.98 Å². The van der Waals surface area contributed by atoms with Gasteiger partial charge in [-0.25, -0.2) is 13.4 Å². The van der Waals surface area contributed by atoms with Crippen molar-refractivity contribution in [3.63, 3.8) is 0 Å². The van der Waals surface area contributed by atoms with E-state index in [0.29, 0.717) is 11.7 Å². The lowest BCUT2D eigenvalue weighted by molar-refractivity contribution is -0.115. The summed E-state index contributed by atoms with van der Waals surface area (Å²) in [6.07, 6.45) is 0.139. The average Bonchev–Trinajstić information content (AvgIpc) is 3.17. The Hall–Kier alpha value is -2.71. The molecule has 1 amide bonds. The summed E-state index contributed by atoms with van der Waals surface area (Å²) in [6.45, 7) is 5.84. The van der Waals surface area contributed by atoms with Crippen LogP contribution in [0.1, 0.15) is 26.3 Å². The van der Waals surface area contributed by atoms with Crippen molar-refractivity contribution in [2.24, 2.45) is 0 Å². The zero-order chi connectivity index (χ0) is 21.7.